The number of alkyl halides is 3. The van der Waals surface area contributed by atoms with Crippen LogP contribution in [-0.4, -0.2) is 23.8 Å². The van der Waals surface area contributed by atoms with Gasteiger partial charge in [0.1, 0.15) is 25.5 Å². The predicted molar refractivity (Wildman–Crippen MR) is 83.6 cm³/mol. The van der Waals surface area contributed by atoms with E-state index in [-0.39, 0.29) is 13.2 Å². The van der Waals surface area contributed by atoms with E-state index in [0.29, 0.717) is 27.6 Å². The molecule has 0 radical (unpaired) electrons. The van der Waals surface area contributed by atoms with Crippen LogP contribution in [0.5, 0.6) is 5.75 Å². The van der Waals surface area contributed by atoms with Gasteiger partial charge in [-0.1, -0.05) is 11.6 Å². The molecule has 0 fully saturated rings. The van der Waals surface area contributed by atoms with Crippen molar-refractivity contribution in [3.63, 3.8) is 0 Å². The third kappa shape index (κ3) is 5.82. The summed E-state index contributed by atoms with van der Waals surface area (Å²) in [5, 5.41) is 0.547. The minimum Gasteiger partial charge on any atom is -0.490 e. The van der Waals surface area contributed by atoms with E-state index in [9.17, 15) is 22.8 Å². The molecule has 1 heterocycles. The maximum absolute atomic E-state index is 12.6. The third-order valence-corrected chi connectivity index (χ3v) is 3.29. The number of hydrogen-bond acceptors (Lipinski definition) is 4. The van der Waals surface area contributed by atoms with Gasteiger partial charge in [-0.2, -0.15) is 13.2 Å². The molecule has 0 saturated carbocycles. The molecular formula is C16H13ClF3NO4. The van der Waals surface area contributed by atoms with Crippen LogP contribution in [0.15, 0.2) is 47.4 Å². The van der Waals surface area contributed by atoms with Crippen molar-refractivity contribution in [3.8, 4) is 5.75 Å². The molecule has 1 aromatic carbocycles. The van der Waals surface area contributed by atoms with Gasteiger partial charge in [-0.05, 0) is 30.3 Å². The minimum absolute atomic E-state index is 0.0465. The number of halogens is 4. The summed E-state index contributed by atoms with van der Waals surface area (Å²) >= 11 is 5.72. The van der Waals surface area contributed by atoms with Gasteiger partial charge in [-0.3, -0.25) is 9.59 Å². The Morgan fingerprint density at radius 2 is 1.76 bits per heavy atom. The normalized spacial score (nSPS) is 11.2. The average molecular weight is 376 g/mol. The van der Waals surface area contributed by atoms with E-state index in [4.69, 9.17) is 21.1 Å². The van der Waals surface area contributed by atoms with Crippen molar-refractivity contribution >= 4 is 17.6 Å². The summed E-state index contributed by atoms with van der Waals surface area (Å²) < 4.78 is 48.6. The van der Waals surface area contributed by atoms with E-state index in [1.807, 2.05) is 0 Å². The van der Waals surface area contributed by atoms with Crippen molar-refractivity contribution < 1.29 is 27.4 Å². The van der Waals surface area contributed by atoms with Crippen LogP contribution in [0.2, 0.25) is 5.02 Å². The first kappa shape index (κ1) is 18.9. The van der Waals surface area contributed by atoms with Crippen LogP contribution in [-0.2, 0) is 22.3 Å². The molecule has 2 rings (SSSR count). The van der Waals surface area contributed by atoms with E-state index in [1.165, 1.54) is 0 Å². The van der Waals surface area contributed by atoms with Crippen molar-refractivity contribution in [2.75, 3.05) is 13.2 Å². The zero-order chi connectivity index (χ0) is 18.4. The van der Waals surface area contributed by atoms with Crippen molar-refractivity contribution in [2.45, 2.75) is 12.7 Å². The van der Waals surface area contributed by atoms with Gasteiger partial charge < -0.3 is 14.0 Å². The Morgan fingerprint density at radius 1 is 1.08 bits per heavy atom. The highest BCUT2D eigenvalue weighted by molar-refractivity contribution is 6.30. The maximum atomic E-state index is 12.6. The monoisotopic (exact) mass is 375 g/mol. The van der Waals surface area contributed by atoms with Gasteiger partial charge >= 0.3 is 12.1 Å². The van der Waals surface area contributed by atoms with Crippen LogP contribution in [0.3, 0.4) is 0 Å². The second-order valence-electron chi connectivity index (χ2n) is 4.90. The first-order chi connectivity index (χ1) is 11.8. The molecule has 2 aromatic rings. The smallest absolute Gasteiger partial charge is 0.417 e. The zero-order valence-electron chi connectivity index (χ0n) is 12.8. The summed E-state index contributed by atoms with van der Waals surface area (Å²) in [6.45, 7) is -0.691. The van der Waals surface area contributed by atoms with Crippen LogP contribution in [0, 0.1) is 0 Å². The Morgan fingerprint density at radius 3 is 2.40 bits per heavy atom. The van der Waals surface area contributed by atoms with Crippen molar-refractivity contribution in [3.05, 3.63) is 63.5 Å². The number of carbonyl (C=O) groups excluding carboxylic acids is 1. The van der Waals surface area contributed by atoms with Crippen LogP contribution in [0.1, 0.15) is 5.56 Å². The molecule has 9 heteroatoms. The molecule has 25 heavy (non-hydrogen) atoms. The molecular weight excluding hydrogens is 363 g/mol. The van der Waals surface area contributed by atoms with Crippen molar-refractivity contribution in [2.24, 2.45) is 0 Å². The Balaban J connectivity index is 1.84. The van der Waals surface area contributed by atoms with Gasteiger partial charge in [0.15, 0.2) is 0 Å². The molecule has 0 amide bonds. The number of esters is 1. The highest BCUT2D eigenvalue weighted by Gasteiger charge is 2.31. The lowest BCUT2D eigenvalue weighted by Crippen LogP contribution is -2.26. The average Bonchev–Trinajstić information content (AvgIpc) is 2.54. The number of pyridine rings is 1. The first-order valence-corrected chi connectivity index (χ1v) is 7.45. The summed E-state index contributed by atoms with van der Waals surface area (Å²) in [4.78, 5) is 23.2. The second kappa shape index (κ2) is 8.06. The lowest BCUT2D eigenvalue weighted by atomic mass is 10.3. The Labute approximate surface area is 145 Å². The fourth-order valence-corrected chi connectivity index (χ4v) is 1.98. The number of aromatic nitrogens is 1. The highest BCUT2D eigenvalue weighted by Crippen LogP contribution is 2.27. The van der Waals surface area contributed by atoms with E-state index in [1.54, 1.807) is 24.3 Å². The largest absolute Gasteiger partial charge is 0.490 e. The van der Waals surface area contributed by atoms with E-state index in [2.05, 4.69) is 0 Å². The van der Waals surface area contributed by atoms with Gasteiger partial charge in [0, 0.05) is 17.3 Å². The fraction of sp³-hybridized carbons (Fsp3) is 0.250. The topological polar surface area (TPSA) is 57.5 Å². The molecule has 0 aliphatic rings. The van der Waals surface area contributed by atoms with Gasteiger partial charge in [0.25, 0.3) is 5.56 Å². The molecule has 0 spiro atoms. The standard InChI is InChI=1S/C16H13ClF3NO4/c17-12-2-4-13(5-3-12)24-7-8-25-15(23)10-21-9-11(16(18,19)20)1-6-14(21)22/h1-6,9H,7-8,10H2. The molecule has 0 aliphatic carbocycles. The molecule has 5 nitrogen and oxygen atoms in total. The third-order valence-electron chi connectivity index (χ3n) is 3.04. The number of nitrogens with zero attached hydrogens (tertiary/aromatic N) is 1. The quantitative estimate of drug-likeness (QED) is 0.575. The van der Waals surface area contributed by atoms with Crippen LogP contribution < -0.4 is 10.3 Å². The van der Waals surface area contributed by atoms with Gasteiger partial charge in [0.2, 0.25) is 0 Å². The van der Waals surface area contributed by atoms with Gasteiger partial charge in [0.05, 0.1) is 5.56 Å². The minimum atomic E-state index is -4.61. The Kier molecular flexibility index (Phi) is 6.08. The van der Waals surface area contributed by atoms with Gasteiger partial charge in [-0.15, -0.1) is 0 Å². The molecule has 0 unspecified atom stereocenters. The Hall–Kier alpha value is -2.48. The molecule has 1 aromatic heterocycles. The van der Waals surface area contributed by atoms with Gasteiger partial charge in [-0.25, -0.2) is 0 Å². The molecule has 0 atom stereocenters. The molecule has 0 N–H and O–H groups in total. The summed E-state index contributed by atoms with van der Waals surface area (Å²) in [6.07, 6.45) is -4.03. The summed E-state index contributed by atoms with van der Waals surface area (Å²) in [7, 11) is 0. The van der Waals surface area contributed by atoms with Crippen LogP contribution in [0.4, 0.5) is 13.2 Å². The number of ether oxygens (including phenoxy) is 2. The number of hydrogen-bond donors (Lipinski definition) is 0. The van der Waals surface area contributed by atoms with E-state index in [0.717, 1.165) is 6.07 Å². The van der Waals surface area contributed by atoms with E-state index < -0.39 is 29.8 Å². The number of benzene rings is 1. The summed E-state index contributed by atoms with van der Waals surface area (Å²) in [6, 6.07) is 7.93. The zero-order valence-corrected chi connectivity index (χ0v) is 13.5. The maximum Gasteiger partial charge on any atom is 0.417 e. The lowest BCUT2D eigenvalue weighted by Gasteiger charge is -2.11. The number of rotatable bonds is 6. The summed E-state index contributed by atoms with van der Waals surface area (Å²) in [5.41, 5.74) is -1.76. The van der Waals surface area contributed by atoms with Crippen LogP contribution in [0.25, 0.3) is 0 Å². The summed E-state index contributed by atoms with van der Waals surface area (Å²) in [5.74, 6) is -0.323. The first-order valence-electron chi connectivity index (χ1n) is 7.07. The number of carbonyl (C=O) groups is 1. The fourth-order valence-electron chi connectivity index (χ4n) is 1.85. The molecule has 0 bridgehead atoms. The highest BCUT2D eigenvalue weighted by atomic mass is 35.5. The molecule has 0 aliphatic heterocycles. The SMILES string of the molecule is O=C(Cn1cc(C(F)(F)F)ccc1=O)OCCOc1ccc(Cl)cc1. The molecule has 134 valence electrons. The van der Waals surface area contributed by atoms with Crippen LogP contribution >= 0.6 is 11.6 Å². The molecule has 0 saturated heterocycles. The van der Waals surface area contributed by atoms with E-state index >= 15 is 0 Å². The Bertz CT molecular complexity index is 787. The second-order valence-corrected chi connectivity index (χ2v) is 5.34. The van der Waals surface area contributed by atoms with Crippen molar-refractivity contribution in [1.82, 2.24) is 4.57 Å². The van der Waals surface area contributed by atoms with Crippen molar-refractivity contribution in [1.29, 1.82) is 0 Å². The lowest BCUT2D eigenvalue weighted by molar-refractivity contribution is -0.146. The predicted octanol–water partition coefficient (Wildman–Crippen LogP) is 3.14.